The Labute approximate surface area is 196 Å². The van der Waals surface area contributed by atoms with Gasteiger partial charge in [-0.1, -0.05) is 0 Å². The fourth-order valence-electron chi connectivity index (χ4n) is 5.02. The molecule has 5 heteroatoms. The van der Waals surface area contributed by atoms with E-state index in [-0.39, 0.29) is 35.8 Å². The van der Waals surface area contributed by atoms with Crippen LogP contribution in [0.1, 0.15) is 44.7 Å². The van der Waals surface area contributed by atoms with Crippen molar-refractivity contribution in [2.45, 2.75) is 50.1 Å². The van der Waals surface area contributed by atoms with Gasteiger partial charge in [0.05, 0.1) is 0 Å². The predicted octanol–water partition coefficient (Wildman–Crippen LogP) is -1.14. The van der Waals surface area contributed by atoms with Crippen LogP contribution in [-0.4, -0.2) is 17.0 Å². The largest absolute Gasteiger partial charge is 1.00 e. The molecule has 1 nitrogen and oxygen atoms in total. The second-order valence-corrected chi connectivity index (χ2v) is 15.0. The topological polar surface area (TPSA) is 12.0 Å². The SMILES string of the molecule is CC1=CC(C)c2c1c1ccccc1c1ccc[c]([Ti+2]([CH3])([CH3])[NH]C(C)C)c21.[Cl-].[Cl-].[SiH4]. The van der Waals surface area contributed by atoms with Gasteiger partial charge in [0.1, 0.15) is 0 Å². The van der Waals surface area contributed by atoms with E-state index in [1.165, 1.54) is 32.7 Å². The quantitative estimate of drug-likeness (QED) is 0.368. The molecule has 0 bridgehead atoms. The molecule has 0 aliphatic heterocycles. The van der Waals surface area contributed by atoms with Crippen molar-refractivity contribution in [1.82, 2.24) is 3.80 Å². The summed E-state index contributed by atoms with van der Waals surface area (Å²) in [4.78, 5) is 0. The van der Waals surface area contributed by atoms with Crippen LogP contribution >= 0.6 is 0 Å². The van der Waals surface area contributed by atoms with Gasteiger partial charge >= 0.3 is 161 Å². The standard InChI is InChI=1S/C19H15.C3H8N.2CH3.2ClH.H4Si.Ti/c1-12-11-13(2)19-17-10-6-4-8-15(17)14-7-3-5-9-16(14)18(12)19;1-3(2)4;;;;;;/h3-9,11,13H,1-2H3;3-4H,1-2H3;2*1H3;2*1H;1H4;/q;-1;;;;;;+3/p-2. The van der Waals surface area contributed by atoms with Crippen molar-refractivity contribution in [2.75, 3.05) is 0 Å². The van der Waals surface area contributed by atoms with Gasteiger partial charge in [0, 0.05) is 0 Å². The van der Waals surface area contributed by atoms with Crippen molar-refractivity contribution in [3.63, 3.8) is 0 Å². The molecule has 29 heavy (non-hydrogen) atoms. The predicted molar refractivity (Wildman–Crippen MR) is 124 cm³/mol. The third kappa shape index (κ3) is 4.39. The molecule has 0 radical (unpaired) electrons. The molecule has 1 N–H and O–H groups in total. The van der Waals surface area contributed by atoms with Gasteiger partial charge in [0.25, 0.3) is 0 Å². The van der Waals surface area contributed by atoms with Crippen LogP contribution in [0.25, 0.3) is 27.1 Å². The number of fused-ring (bicyclic) bond motifs is 6. The Balaban J connectivity index is 0.00000140. The first kappa shape index (κ1) is 26.4. The van der Waals surface area contributed by atoms with E-state index in [0.717, 1.165) is 0 Å². The van der Waals surface area contributed by atoms with E-state index in [2.05, 4.69) is 90.5 Å². The van der Waals surface area contributed by atoms with Crippen molar-refractivity contribution in [1.29, 1.82) is 0 Å². The van der Waals surface area contributed by atoms with Crippen LogP contribution in [0.15, 0.2) is 48.5 Å². The Morgan fingerprint density at radius 3 is 2.10 bits per heavy atom. The number of benzene rings is 3. The van der Waals surface area contributed by atoms with Gasteiger partial charge in [-0.05, 0) is 11.0 Å². The molecule has 0 aromatic heterocycles. The molecule has 0 amide bonds. The van der Waals surface area contributed by atoms with Crippen molar-refractivity contribution in [2.24, 2.45) is 0 Å². The fraction of sp³-hybridized carbons (Fsp3) is 0.333. The second-order valence-electron chi connectivity index (χ2n) is 8.62. The normalized spacial score (nSPS) is 14.9. The van der Waals surface area contributed by atoms with Gasteiger partial charge in [-0.15, -0.1) is 0 Å². The minimum Gasteiger partial charge on any atom is -1.00 e. The number of nitrogens with one attached hydrogen (secondary N) is 1. The molecule has 1 atom stereocenters. The van der Waals surface area contributed by atoms with E-state index in [1.807, 2.05) is 0 Å². The summed E-state index contributed by atoms with van der Waals surface area (Å²) in [7, 11) is 0. The van der Waals surface area contributed by atoms with E-state index >= 15 is 0 Å². The van der Waals surface area contributed by atoms with Gasteiger partial charge in [0.2, 0.25) is 0 Å². The Kier molecular flexibility index (Phi) is 8.82. The summed E-state index contributed by atoms with van der Waals surface area (Å²) in [6, 6.07) is 16.5. The van der Waals surface area contributed by atoms with Gasteiger partial charge in [0.15, 0.2) is 0 Å². The monoisotopic (exact) mass is 481 g/mol. The van der Waals surface area contributed by atoms with E-state index in [1.54, 1.807) is 9.43 Å². The van der Waals surface area contributed by atoms with Crippen LogP contribution < -0.4 is 32.5 Å². The number of halogens is 2. The van der Waals surface area contributed by atoms with Crippen LogP contribution in [0.3, 0.4) is 0 Å². The number of hydrogen-bond donors (Lipinski definition) is 1. The average Bonchev–Trinajstić information content (AvgIpc) is 2.88. The van der Waals surface area contributed by atoms with Crippen molar-refractivity contribution >= 4 is 42.0 Å². The first-order valence-electron chi connectivity index (χ1n) is 9.75. The number of hydrogen-bond acceptors (Lipinski definition) is 1. The Bertz CT molecular complexity index is 1060. The summed E-state index contributed by atoms with van der Waals surface area (Å²) in [5.74, 6) is 0.482. The fourth-order valence-corrected chi connectivity index (χ4v) is 9.71. The first-order valence-corrected chi connectivity index (χ1v) is 14.4. The average molecular weight is 482 g/mol. The van der Waals surface area contributed by atoms with E-state index in [0.29, 0.717) is 12.0 Å². The maximum atomic E-state index is 3.96. The first-order chi connectivity index (χ1) is 12.3. The molecule has 0 spiro atoms. The molecule has 0 saturated carbocycles. The van der Waals surface area contributed by atoms with Gasteiger partial charge in [-0.3, -0.25) is 0 Å². The van der Waals surface area contributed by atoms with Crippen molar-refractivity contribution in [3.8, 4) is 0 Å². The van der Waals surface area contributed by atoms with Crippen LogP contribution in [0, 0.1) is 0 Å². The minimum atomic E-state index is -2.35. The van der Waals surface area contributed by atoms with Gasteiger partial charge in [-0.2, -0.15) is 0 Å². The zero-order chi connectivity index (χ0) is 18.6. The molecule has 1 unspecified atom stereocenters. The molecule has 3 aromatic carbocycles. The summed E-state index contributed by atoms with van der Waals surface area (Å²) < 4.78 is 5.55. The maximum absolute atomic E-state index is 3.96. The molecular weight excluding hydrogens is 449 g/mol. The molecule has 4 rings (SSSR count). The van der Waals surface area contributed by atoms with Crippen LogP contribution in [0.2, 0.25) is 10.5 Å². The molecular formula is C24H33Cl2NSiTi. The van der Waals surface area contributed by atoms with Gasteiger partial charge in [-0.25, -0.2) is 0 Å². The smallest absolute Gasteiger partial charge is 0.0149 e. The third-order valence-corrected chi connectivity index (χ3v) is 10.5. The summed E-state index contributed by atoms with van der Waals surface area (Å²) >= 11 is -2.35. The Hall–Kier alpha value is -0.609. The molecule has 156 valence electrons. The zero-order valence-electron chi connectivity index (χ0n) is 17.5. The summed E-state index contributed by atoms with van der Waals surface area (Å²) in [5, 5.41) is 10.8. The van der Waals surface area contributed by atoms with Crippen molar-refractivity contribution in [3.05, 3.63) is 59.7 Å². The minimum absolute atomic E-state index is 0. The molecule has 1 aliphatic carbocycles. The molecule has 0 saturated heterocycles. The van der Waals surface area contributed by atoms with Crippen molar-refractivity contribution < 1.29 is 41.7 Å². The molecule has 3 aromatic rings. The van der Waals surface area contributed by atoms with Crippen LogP contribution in [0.5, 0.6) is 0 Å². The van der Waals surface area contributed by atoms with Crippen LogP contribution in [0.4, 0.5) is 0 Å². The summed E-state index contributed by atoms with van der Waals surface area (Å²) in [5.41, 5.74) is 4.47. The number of allylic oxidation sites excluding steroid dienone is 2. The summed E-state index contributed by atoms with van der Waals surface area (Å²) in [6.45, 7) is 9.18. The Morgan fingerprint density at radius 2 is 1.48 bits per heavy atom. The third-order valence-electron chi connectivity index (χ3n) is 5.76. The molecule has 1 aliphatic rings. The molecule has 0 heterocycles. The van der Waals surface area contributed by atoms with E-state index in [9.17, 15) is 0 Å². The molecule has 0 fully saturated rings. The maximum Gasteiger partial charge on any atom is -0.0149 e. The summed E-state index contributed by atoms with van der Waals surface area (Å²) in [6.07, 6.45) is 2.45. The van der Waals surface area contributed by atoms with Gasteiger partial charge < -0.3 is 24.8 Å². The zero-order valence-corrected chi connectivity index (χ0v) is 20.6. The van der Waals surface area contributed by atoms with E-state index in [4.69, 9.17) is 0 Å². The second kappa shape index (κ2) is 9.68. The number of rotatable bonds is 3. The Morgan fingerprint density at radius 1 is 0.897 bits per heavy atom. The van der Waals surface area contributed by atoms with Crippen LogP contribution in [-0.2, 0) is 16.8 Å². The van der Waals surface area contributed by atoms with E-state index < -0.39 is 16.8 Å².